The average Bonchev–Trinajstić information content (AvgIpc) is 2.33. The lowest BCUT2D eigenvalue weighted by molar-refractivity contribution is 0.623. The van der Waals surface area contributed by atoms with Crippen LogP contribution in [0.15, 0.2) is 12.3 Å². The van der Waals surface area contributed by atoms with Gasteiger partial charge in [-0.3, -0.25) is 4.68 Å². The quantitative estimate of drug-likeness (QED) is 0.697. The van der Waals surface area contributed by atoms with Gasteiger partial charge in [0, 0.05) is 19.3 Å². The van der Waals surface area contributed by atoms with Gasteiger partial charge in [-0.15, -0.1) is 12.4 Å². The molecule has 1 heterocycles. The summed E-state index contributed by atoms with van der Waals surface area (Å²) in [6.07, 6.45) is 1.77. The van der Waals surface area contributed by atoms with Crippen molar-refractivity contribution in [2.75, 3.05) is 0 Å². The van der Waals surface area contributed by atoms with Crippen molar-refractivity contribution in [3.63, 3.8) is 0 Å². The fourth-order valence-electron chi connectivity index (χ4n) is 0.818. The van der Waals surface area contributed by atoms with E-state index in [0.717, 1.165) is 12.2 Å². The number of aryl methyl sites for hydroxylation is 1. The maximum atomic E-state index is 5.41. The minimum absolute atomic E-state index is 0. The largest absolute Gasteiger partial charge is 0.325 e. The Kier molecular flexibility index (Phi) is 4.07. The lowest BCUT2D eigenvalue weighted by atomic mass is 10.4. The SMILES string of the molecule is CCn1nccc1CN.Cl. The molecule has 3 nitrogen and oxygen atoms in total. The van der Waals surface area contributed by atoms with Gasteiger partial charge in [0.2, 0.25) is 0 Å². The van der Waals surface area contributed by atoms with Gasteiger partial charge in [0.15, 0.2) is 0 Å². The summed E-state index contributed by atoms with van der Waals surface area (Å²) < 4.78 is 1.89. The molecule has 1 aromatic heterocycles. The van der Waals surface area contributed by atoms with Crippen LogP contribution in [0.4, 0.5) is 0 Å². The van der Waals surface area contributed by atoms with E-state index in [9.17, 15) is 0 Å². The van der Waals surface area contributed by atoms with Gasteiger partial charge in [-0.25, -0.2) is 0 Å². The average molecular weight is 162 g/mol. The van der Waals surface area contributed by atoms with Crippen LogP contribution in [-0.2, 0) is 13.1 Å². The second-order valence-electron chi connectivity index (χ2n) is 1.84. The number of hydrogen-bond acceptors (Lipinski definition) is 2. The molecule has 0 spiro atoms. The number of rotatable bonds is 2. The first-order valence-corrected chi connectivity index (χ1v) is 3.09. The van der Waals surface area contributed by atoms with Gasteiger partial charge in [0.05, 0.1) is 5.69 Å². The highest BCUT2D eigenvalue weighted by Gasteiger charge is 1.94. The third kappa shape index (κ3) is 1.72. The highest BCUT2D eigenvalue weighted by molar-refractivity contribution is 5.85. The van der Waals surface area contributed by atoms with Gasteiger partial charge in [-0.1, -0.05) is 0 Å². The Hall–Kier alpha value is -0.540. The van der Waals surface area contributed by atoms with Crippen LogP contribution in [0, 0.1) is 0 Å². The van der Waals surface area contributed by atoms with Crippen molar-refractivity contribution < 1.29 is 0 Å². The Morgan fingerprint density at radius 3 is 2.80 bits per heavy atom. The maximum Gasteiger partial charge on any atom is 0.0519 e. The molecule has 0 bridgehead atoms. The molecule has 0 aliphatic heterocycles. The second-order valence-corrected chi connectivity index (χ2v) is 1.84. The number of halogens is 1. The first kappa shape index (κ1) is 9.46. The van der Waals surface area contributed by atoms with Gasteiger partial charge in [-0.2, -0.15) is 5.10 Å². The van der Waals surface area contributed by atoms with Crippen molar-refractivity contribution in [2.24, 2.45) is 5.73 Å². The number of aromatic nitrogens is 2. The lowest BCUT2D eigenvalue weighted by Gasteiger charge is -1.98. The summed E-state index contributed by atoms with van der Waals surface area (Å²) in [5, 5.41) is 4.04. The van der Waals surface area contributed by atoms with E-state index in [-0.39, 0.29) is 12.4 Å². The topological polar surface area (TPSA) is 43.8 Å². The maximum absolute atomic E-state index is 5.41. The second kappa shape index (κ2) is 4.30. The Balaban J connectivity index is 0.000000810. The van der Waals surface area contributed by atoms with E-state index in [2.05, 4.69) is 5.10 Å². The molecule has 10 heavy (non-hydrogen) atoms. The third-order valence-corrected chi connectivity index (χ3v) is 1.31. The molecular weight excluding hydrogens is 150 g/mol. The Morgan fingerprint density at radius 2 is 2.40 bits per heavy atom. The molecular formula is C6H12ClN3. The molecule has 0 radical (unpaired) electrons. The highest BCUT2D eigenvalue weighted by atomic mass is 35.5. The number of hydrogen-bond donors (Lipinski definition) is 1. The van der Waals surface area contributed by atoms with Gasteiger partial charge in [0.25, 0.3) is 0 Å². The number of nitrogens with zero attached hydrogens (tertiary/aromatic N) is 2. The zero-order chi connectivity index (χ0) is 6.69. The Bertz CT molecular complexity index is 166. The standard InChI is InChI=1S/C6H11N3.ClH/c1-2-9-6(5-7)3-4-8-9;/h3-4H,2,5,7H2,1H3;1H. The molecule has 0 fully saturated rings. The molecule has 4 heteroatoms. The van der Waals surface area contributed by atoms with Gasteiger partial charge in [-0.05, 0) is 13.0 Å². The van der Waals surface area contributed by atoms with Crippen LogP contribution in [0.5, 0.6) is 0 Å². The van der Waals surface area contributed by atoms with Crippen molar-refractivity contribution in [2.45, 2.75) is 20.0 Å². The summed E-state index contributed by atoms with van der Waals surface area (Å²) in [4.78, 5) is 0. The molecule has 0 atom stereocenters. The van der Waals surface area contributed by atoms with E-state index >= 15 is 0 Å². The summed E-state index contributed by atoms with van der Waals surface area (Å²) >= 11 is 0. The van der Waals surface area contributed by atoms with Crippen LogP contribution in [0.25, 0.3) is 0 Å². The molecule has 0 aliphatic rings. The molecule has 1 rings (SSSR count). The van der Waals surface area contributed by atoms with Crippen LogP contribution in [0.3, 0.4) is 0 Å². The first-order chi connectivity index (χ1) is 4.38. The molecule has 0 saturated heterocycles. The smallest absolute Gasteiger partial charge is 0.0519 e. The molecule has 0 amide bonds. The number of nitrogens with two attached hydrogens (primary N) is 1. The molecule has 0 aromatic carbocycles. The van der Waals surface area contributed by atoms with Crippen molar-refractivity contribution >= 4 is 12.4 Å². The van der Waals surface area contributed by atoms with E-state index in [1.165, 1.54) is 0 Å². The van der Waals surface area contributed by atoms with Gasteiger partial charge >= 0.3 is 0 Å². The molecule has 2 N–H and O–H groups in total. The van der Waals surface area contributed by atoms with Crippen LogP contribution >= 0.6 is 12.4 Å². The summed E-state index contributed by atoms with van der Waals surface area (Å²) in [6, 6.07) is 1.93. The fraction of sp³-hybridized carbons (Fsp3) is 0.500. The van der Waals surface area contributed by atoms with E-state index in [4.69, 9.17) is 5.73 Å². The summed E-state index contributed by atoms with van der Waals surface area (Å²) in [7, 11) is 0. The van der Waals surface area contributed by atoms with Gasteiger partial charge in [0.1, 0.15) is 0 Å². The van der Waals surface area contributed by atoms with Crippen molar-refractivity contribution in [1.82, 2.24) is 9.78 Å². The summed E-state index contributed by atoms with van der Waals surface area (Å²) in [5.41, 5.74) is 6.50. The van der Waals surface area contributed by atoms with E-state index in [1.807, 2.05) is 17.7 Å². The molecule has 0 saturated carbocycles. The Labute approximate surface area is 66.6 Å². The fourth-order valence-corrected chi connectivity index (χ4v) is 0.818. The molecule has 58 valence electrons. The zero-order valence-electron chi connectivity index (χ0n) is 5.95. The normalized spacial score (nSPS) is 9.00. The zero-order valence-corrected chi connectivity index (χ0v) is 6.77. The Morgan fingerprint density at radius 1 is 1.70 bits per heavy atom. The molecule has 0 aliphatic carbocycles. The minimum Gasteiger partial charge on any atom is -0.325 e. The predicted octanol–water partition coefficient (Wildman–Crippen LogP) is 0.783. The van der Waals surface area contributed by atoms with Crippen LogP contribution < -0.4 is 5.73 Å². The monoisotopic (exact) mass is 161 g/mol. The van der Waals surface area contributed by atoms with Crippen molar-refractivity contribution in [3.8, 4) is 0 Å². The van der Waals surface area contributed by atoms with Crippen molar-refractivity contribution in [1.29, 1.82) is 0 Å². The van der Waals surface area contributed by atoms with E-state index < -0.39 is 0 Å². The first-order valence-electron chi connectivity index (χ1n) is 3.09. The highest BCUT2D eigenvalue weighted by Crippen LogP contribution is 1.95. The lowest BCUT2D eigenvalue weighted by Crippen LogP contribution is -2.06. The molecule has 0 unspecified atom stereocenters. The minimum atomic E-state index is 0. The summed E-state index contributed by atoms with van der Waals surface area (Å²) in [6.45, 7) is 3.53. The van der Waals surface area contributed by atoms with Crippen molar-refractivity contribution in [3.05, 3.63) is 18.0 Å². The van der Waals surface area contributed by atoms with Crippen LogP contribution in [0.1, 0.15) is 12.6 Å². The summed E-state index contributed by atoms with van der Waals surface area (Å²) in [5.74, 6) is 0. The van der Waals surface area contributed by atoms with E-state index in [0.29, 0.717) is 6.54 Å². The van der Waals surface area contributed by atoms with Crippen LogP contribution in [-0.4, -0.2) is 9.78 Å². The van der Waals surface area contributed by atoms with Gasteiger partial charge < -0.3 is 5.73 Å². The molecule has 1 aromatic rings. The predicted molar refractivity (Wildman–Crippen MR) is 43.0 cm³/mol. The third-order valence-electron chi connectivity index (χ3n) is 1.31. The van der Waals surface area contributed by atoms with E-state index in [1.54, 1.807) is 6.20 Å². The van der Waals surface area contributed by atoms with Crippen LogP contribution in [0.2, 0.25) is 0 Å².